The lowest BCUT2D eigenvalue weighted by atomic mass is 9.80. The van der Waals surface area contributed by atoms with E-state index in [1.807, 2.05) is 35.0 Å². The minimum atomic E-state index is 0.258. The molecule has 0 unspecified atom stereocenters. The van der Waals surface area contributed by atoms with Crippen LogP contribution in [-0.4, -0.2) is 9.78 Å². The third-order valence-corrected chi connectivity index (χ3v) is 4.52. The van der Waals surface area contributed by atoms with Crippen LogP contribution in [0.4, 0.5) is 5.82 Å². The zero-order chi connectivity index (χ0) is 13.3. The molecule has 0 spiro atoms. The van der Waals surface area contributed by atoms with Gasteiger partial charge in [-0.2, -0.15) is 5.10 Å². The molecule has 2 N–H and O–H groups in total. The van der Waals surface area contributed by atoms with E-state index >= 15 is 0 Å². The van der Waals surface area contributed by atoms with Crippen molar-refractivity contribution in [3.8, 4) is 5.69 Å². The zero-order valence-corrected chi connectivity index (χ0v) is 11.5. The van der Waals surface area contributed by atoms with Crippen LogP contribution in [0.5, 0.6) is 0 Å². The van der Waals surface area contributed by atoms with E-state index in [9.17, 15) is 0 Å². The summed E-state index contributed by atoms with van der Waals surface area (Å²) in [7, 11) is 0. The SMILES string of the molecule is CCC1(c2cc(N)n(-c3ccccc3)n2)CCCC1. The van der Waals surface area contributed by atoms with E-state index in [-0.39, 0.29) is 5.41 Å². The summed E-state index contributed by atoms with van der Waals surface area (Å²) < 4.78 is 1.87. The fourth-order valence-corrected chi connectivity index (χ4v) is 3.27. The highest BCUT2D eigenvalue weighted by atomic mass is 15.3. The van der Waals surface area contributed by atoms with Gasteiger partial charge in [0.05, 0.1) is 11.4 Å². The van der Waals surface area contributed by atoms with Crippen LogP contribution >= 0.6 is 0 Å². The van der Waals surface area contributed by atoms with E-state index in [2.05, 4.69) is 13.0 Å². The molecule has 1 aromatic carbocycles. The average Bonchev–Trinajstić information content (AvgIpc) is 3.07. The molecule has 1 saturated carbocycles. The Morgan fingerprint density at radius 2 is 1.89 bits per heavy atom. The summed E-state index contributed by atoms with van der Waals surface area (Å²) in [6, 6.07) is 12.2. The van der Waals surface area contributed by atoms with Gasteiger partial charge in [0, 0.05) is 11.5 Å². The summed E-state index contributed by atoms with van der Waals surface area (Å²) in [6.07, 6.45) is 6.26. The Hall–Kier alpha value is -1.77. The molecule has 0 amide bonds. The fourth-order valence-electron chi connectivity index (χ4n) is 3.27. The van der Waals surface area contributed by atoms with Gasteiger partial charge in [0.25, 0.3) is 0 Å². The van der Waals surface area contributed by atoms with E-state index in [1.165, 1.54) is 31.4 Å². The standard InChI is InChI=1S/C16H21N3/c1-2-16(10-6-7-11-16)14-12-15(17)19(18-14)13-8-4-3-5-9-13/h3-5,8-9,12H,2,6-7,10-11,17H2,1H3. The number of anilines is 1. The van der Waals surface area contributed by atoms with Crippen LogP contribution in [0.3, 0.4) is 0 Å². The van der Waals surface area contributed by atoms with Crippen molar-refractivity contribution in [3.05, 3.63) is 42.1 Å². The first-order chi connectivity index (χ1) is 9.25. The summed E-state index contributed by atoms with van der Waals surface area (Å²) in [5.41, 5.74) is 8.63. The number of nitrogens with zero attached hydrogens (tertiary/aromatic N) is 2. The van der Waals surface area contributed by atoms with E-state index in [0.717, 1.165) is 17.9 Å². The average molecular weight is 255 g/mol. The van der Waals surface area contributed by atoms with Gasteiger partial charge >= 0.3 is 0 Å². The highest BCUT2D eigenvalue weighted by molar-refractivity contribution is 5.44. The van der Waals surface area contributed by atoms with Gasteiger partial charge in [-0.05, 0) is 31.4 Å². The fraction of sp³-hybridized carbons (Fsp3) is 0.438. The highest BCUT2D eigenvalue weighted by Crippen LogP contribution is 2.43. The molecule has 0 atom stereocenters. The van der Waals surface area contributed by atoms with Gasteiger partial charge in [0.2, 0.25) is 0 Å². The second-order valence-electron chi connectivity index (χ2n) is 5.54. The Balaban J connectivity index is 2.02. The Kier molecular flexibility index (Phi) is 3.05. The van der Waals surface area contributed by atoms with Crippen LogP contribution < -0.4 is 5.73 Å². The molecule has 3 heteroatoms. The molecule has 0 saturated heterocycles. The minimum Gasteiger partial charge on any atom is -0.384 e. The lowest BCUT2D eigenvalue weighted by molar-refractivity contribution is 0.409. The van der Waals surface area contributed by atoms with Gasteiger partial charge in [-0.1, -0.05) is 38.0 Å². The smallest absolute Gasteiger partial charge is 0.127 e. The van der Waals surface area contributed by atoms with Gasteiger partial charge in [-0.3, -0.25) is 0 Å². The lowest BCUT2D eigenvalue weighted by Gasteiger charge is -2.24. The molecule has 19 heavy (non-hydrogen) atoms. The number of aromatic nitrogens is 2. The topological polar surface area (TPSA) is 43.8 Å². The molecule has 0 aliphatic heterocycles. The Labute approximate surface area is 114 Å². The van der Waals surface area contributed by atoms with Gasteiger partial charge in [0.15, 0.2) is 0 Å². The molecule has 0 radical (unpaired) electrons. The lowest BCUT2D eigenvalue weighted by Crippen LogP contribution is -2.21. The number of hydrogen-bond donors (Lipinski definition) is 1. The van der Waals surface area contributed by atoms with Crippen LogP contribution in [-0.2, 0) is 5.41 Å². The van der Waals surface area contributed by atoms with Crippen molar-refractivity contribution in [3.63, 3.8) is 0 Å². The number of hydrogen-bond acceptors (Lipinski definition) is 2. The molecular weight excluding hydrogens is 234 g/mol. The molecular formula is C16H21N3. The molecule has 3 nitrogen and oxygen atoms in total. The molecule has 2 aromatic rings. The first-order valence-electron chi connectivity index (χ1n) is 7.17. The number of para-hydroxylation sites is 1. The Morgan fingerprint density at radius 3 is 2.53 bits per heavy atom. The third kappa shape index (κ3) is 2.03. The van der Waals surface area contributed by atoms with Crippen LogP contribution in [0.2, 0.25) is 0 Å². The second kappa shape index (κ2) is 4.72. The minimum absolute atomic E-state index is 0.258. The number of benzene rings is 1. The first kappa shape index (κ1) is 12.3. The molecule has 1 heterocycles. The first-order valence-corrected chi connectivity index (χ1v) is 7.17. The van der Waals surface area contributed by atoms with E-state index in [4.69, 9.17) is 10.8 Å². The summed E-state index contributed by atoms with van der Waals surface area (Å²) >= 11 is 0. The Morgan fingerprint density at radius 1 is 1.21 bits per heavy atom. The number of nitrogens with two attached hydrogens (primary N) is 1. The molecule has 1 aliphatic rings. The van der Waals surface area contributed by atoms with Crippen molar-refractivity contribution in [2.75, 3.05) is 5.73 Å². The van der Waals surface area contributed by atoms with Crippen LogP contribution in [0.15, 0.2) is 36.4 Å². The normalized spacial score (nSPS) is 17.7. The second-order valence-corrected chi connectivity index (χ2v) is 5.54. The highest BCUT2D eigenvalue weighted by Gasteiger charge is 2.36. The maximum atomic E-state index is 6.16. The quantitative estimate of drug-likeness (QED) is 0.909. The third-order valence-electron chi connectivity index (χ3n) is 4.52. The molecule has 3 rings (SSSR count). The van der Waals surface area contributed by atoms with Gasteiger partial charge in [-0.25, -0.2) is 4.68 Å². The maximum Gasteiger partial charge on any atom is 0.127 e. The largest absolute Gasteiger partial charge is 0.384 e. The molecule has 1 aliphatic carbocycles. The van der Waals surface area contributed by atoms with Crippen molar-refractivity contribution in [2.24, 2.45) is 0 Å². The van der Waals surface area contributed by atoms with E-state index in [0.29, 0.717) is 0 Å². The monoisotopic (exact) mass is 255 g/mol. The van der Waals surface area contributed by atoms with Gasteiger partial charge in [-0.15, -0.1) is 0 Å². The molecule has 100 valence electrons. The van der Waals surface area contributed by atoms with Gasteiger partial charge < -0.3 is 5.73 Å². The number of rotatable bonds is 3. The van der Waals surface area contributed by atoms with Crippen LogP contribution in [0.25, 0.3) is 5.69 Å². The zero-order valence-electron chi connectivity index (χ0n) is 11.5. The summed E-state index contributed by atoms with van der Waals surface area (Å²) in [4.78, 5) is 0. The van der Waals surface area contributed by atoms with Gasteiger partial charge in [0.1, 0.15) is 5.82 Å². The van der Waals surface area contributed by atoms with Crippen LogP contribution in [0, 0.1) is 0 Å². The predicted molar refractivity (Wildman–Crippen MR) is 78.4 cm³/mol. The summed E-state index contributed by atoms with van der Waals surface area (Å²) in [5.74, 6) is 0.737. The van der Waals surface area contributed by atoms with Crippen molar-refractivity contribution in [1.29, 1.82) is 0 Å². The molecule has 1 fully saturated rings. The van der Waals surface area contributed by atoms with Crippen molar-refractivity contribution in [1.82, 2.24) is 9.78 Å². The van der Waals surface area contributed by atoms with E-state index < -0.39 is 0 Å². The number of nitrogen functional groups attached to an aromatic ring is 1. The van der Waals surface area contributed by atoms with Crippen molar-refractivity contribution in [2.45, 2.75) is 44.4 Å². The summed E-state index contributed by atoms with van der Waals surface area (Å²) in [6.45, 7) is 2.27. The maximum absolute atomic E-state index is 6.16. The molecule has 0 bridgehead atoms. The predicted octanol–water partition coefficient (Wildman–Crippen LogP) is 3.68. The summed E-state index contributed by atoms with van der Waals surface area (Å²) in [5, 5.41) is 4.80. The Bertz CT molecular complexity index is 551. The van der Waals surface area contributed by atoms with Crippen molar-refractivity contribution < 1.29 is 0 Å². The van der Waals surface area contributed by atoms with E-state index in [1.54, 1.807) is 0 Å². The molecule has 1 aromatic heterocycles. The van der Waals surface area contributed by atoms with Crippen molar-refractivity contribution >= 4 is 5.82 Å². The van der Waals surface area contributed by atoms with Crippen LogP contribution in [0.1, 0.15) is 44.7 Å².